The molecular formula is C43H56N6O4Si2. The van der Waals surface area contributed by atoms with Crippen molar-refractivity contribution < 1.29 is 19.1 Å². The highest BCUT2D eigenvalue weighted by atomic mass is 28.3. The fourth-order valence-corrected chi connectivity index (χ4v) is 8.88. The van der Waals surface area contributed by atoms with Gasteiger partial charge in [0.1, 0.15) is 0 Å². The van der Waals surface area contributed by atoms with E-state index in [1.54, 1.807) is 48.5 Å². The summed E-state index contributed by atoms with van der Waals surface area (Å²) >= 11 is 0. The van der Waals surface area contributed by atoms with Crippen molar-refractivity contribution in [1.82, 2.24) is 15.0 Å². The van der Waals surface area contributed by atoms with E-state index in [1.165, 1.54) is 24.0 Å². The number of fused-ring (bicyclic) bond motifs is 2. The first-order valence-electron chi connectivity index (χ1n) is 19.2. The molecule has 4 aromatic rings. The first kappa shape index (κ1) is 39.9. The number of anilines is 6. The summed E-state index contributed by atoms with van der Waals surface area (Å²) in [4.78, 5) is 39.2. The Bertz CT molecular complexity index is 1950. The maximum atomic E-state index is 12.6. The Morgan fingerprint density at radius 2 is 1.05 bits per heavy atom. The summed E-state index contributed by atoms with van der Waals surface area (Å²) in [5, 5.41) is 9.86. The van der Waals surface area contributed by atoms with Crippen LogP contribution in [-0.4, -0.2) is 55.5 Å². The molecule has 2 bridgehead atoms. The van der Waals surface area contributed by atoms with E-state index >= 15 is 0 Å². The van der Waals surface area contributed by atoms with Crippen LogP contribution in [0, 0.1) is 22.7 Å². The Morgan fingerprint density at radius 3 is 1.40 bits per heavy atom. The SMILES string of the molecule is C=C1C(Cc2ccc(Nc3nc(Nc4ccc(C(=O)OC[Si](C)(C)C)cc4)nc(Nc4ccc(C(=O)OC[Si](C)(C)C)cc4)n3)cc2)C2CCC1(C)C2(C)C. The fourth-order valence-electron chi connectivity index (χ4n) is 7.75. The van der Waals surface area contributed by atoms with Gasteiger partial charge in [0.25, 0.3) is 0 Å². The van der Waals surface area contributed by atoms with E-state index in [9.17, 15) is 9.59 Å². The van der Waals surface area contributed by atoms with Crippen LogP contribution in [0.3, 0.4) is 0 Å². The lowest BCUT2D eigenvalue weighted by Crippen LogP contribution is -2.29. The zero-order chi connectivity index (χ0) is 39.8. The molecule has 3 N–H and O–H groups in total. The second kappa shape index (κ2) is 15.4. The minimum atomic E-state index is -1.54. The maximum absolute atomic E-state index is 12.6. The van der Waals surface area contributed by atoms with E-state index in [4.69, 9.17) is 9.47 Å². The van der Waals surface area contributed by atoms with Gasteiger partial charge in [-0.15, -0.1) is 0 Å². The number of hydrogen-bond acceptors (Lipinski definition) is 10. The Labute approximate surface area is 328 Å². The Balaban J connectivity index is 1.19. The number of ether oxygens (including phenoxy) is 2. The summed E-state index contributed by atoms with van der Waals surface area (Å²) in [6.07, 6.45) is 4.42. The largest absolute Gasteiger partial charge is 0.466 e. The van der Waals surface area contributed by atoms with Gasteiger partial charge in [0.2, 0.25) is 17.8 Å². The molecule has 1 aromatic heterocycles. The van der Waals surface area contributed by atoms with Crippen LogP contribution in [-0.2, 0) is 15.9 Å². The van der Waals surface area contributed by atoms with Crippen molar-refractivity contribution in [3.8, 4) is 0 Å². The third-order valence-electron chi connectivity index (χ3n) is 11.3. The van der Waals surface area contributed by atoms with Crippen LogP contribution >= 0.6 is 0 Å². The van der Waals surface area contributed by atoms with Crippen molar-refractivity contribution in [2.24, 2.45) is 22.7 Å². The molecule has 12 heteroatoms. The molecule has 3 atom stereocenters. The third-order valence-corrected chi connectivity index (χ3v) is 13.3. The Morgan fingerprint density at radius 1 is 0.673 bits per heavy atom. The number of benzene rings is 3. The number of nitrogens with one attached hydrogen (secondary N) is 3. The first-order valence-corrected chi connectivity index (χ1v) is 26.6. The van der Waals surface area contributed by atoms with Crippen molar-refractivity contribution in [2.75, 3.05) is 28.4 Å². The van der Waals surface area contributed by atoms with Crippen molar-refractivity contribution in [3.63, 3.8) is 0 Å². The quantitative estimate of drug-likeness (QED) is 0.0647. The maximum Gasteiger partial charge on any atom is 0.337 e. The minimum Gasteiger partial charge on any atom is -0.466 e. The van der Waals surface area contributed by atoms with Crippen LogP contribution in [0.2, 0.25) is 39.3 Å². The monoisotopic (exact) mass is 776 g/mol. The van der Waals surface area contributed by atoms with Crippen LogP contribution in [0.4, 0.5) is 34.9 Å². The topological polar surface area (TPSA) is 127 Å². The molecule has 0 amide bonds. The number of hydrogen-bond donors (Lipinski definition) is 3. The van der Waals surface area contributed by atoms with Crippen molar-refractivity contribution in [1.29, 1.82) is 0 Å². The molecule has 290 valence electrons. The van der Waals surface area contributed by atoms with Crippen LogP contribution in [0.15, 0.2) is 84.9 Å². The number of carbonyl (C=O) groups excluding carboxylic acids is 2. The molecule has 2 aliphatic rings. The predicted molar refractivity (Wildman–Crippen MR) is 227 cm³/mol. The highest BCUT2D eigenvalue weighted by molar-refractivity contribution is 6.76. The molecule has 2 saturated carbocycles. The lowest BCUT2D eigenvalue weighted by Gasteiger charge is -2.35. The van der Waals surface area contributed by atoms with Gasteiger partial charge in [0.15, 0.2) is 0 Å². The number of nitrogens with zero attached hydrogens (tertiary/aromatic N) is 3. The molecule has 0 aliphatic heterocycles. The van der Waals surface area contributed by atoms with Gasteiger partial charge in [0, 0.05) is 17.1 Å². The van der Waals surface area contributed by atoms with E-state index in [1.807, 2.05) is 0 Å². The molecule has 1 heterocycles. The average Bonchev–Trinajstić information content (AvgIpc) is 3.43. The molecule has 2 fully saturated rings. The molecule has 3 unspecified atom stereocenters. The van der Waals surface area contributed by atoms with Crippen LogP contribution in [0.1, 0.15) is 59.9 Å². The summed E-state index contributed by atoms with van der Waals surface area (Å²) in [5.74, 6) is 1.39. The zero-order valence-electron chi connectivity index (χ0n) is 33.8. The standard InChI is InChI=1S/C43H56N6O4Si2/c1-28-35(36-23-24-43(28,4)42(36,2)3)25-29-11-17-32(18-12-29)44-39-47-40(45-33-19-13-30(14-20-33)37(50)52-26-54(5,6)7)49-41(48-39)46-34-21-15-31(16-22-34)38(51)53-27-55(8,9)10/h11-22,35-36H,1,23-27H2,2-10H3,(H3,44,45,46,47,48,49). The molecular weight excluding hydrogens is 721 g/mol. The van der Waals surface area contributed by atoms with Crippen molar-refractivity contribution >= 4 is 63.0 Å². The predicted octanol–water partition coefficient (Wildman–Crippen LogP) is 10.3. The fraction of sp³-hybridized carbons (Fsp3) is 0.419. The lowest BCUT2D eigenvalue weighted by molar-refractivity contribution is 0.0556. The van der Waals surface area contributed by atoms with Gasteiger partial charge in [-0.2, -0.15) is 15.0 Å². The number of rotatable bonds is 14. The van der Waals surface area contributed by atoms with Gasteiger partial charge in [0.05, 0.1) is 39.7 Å². The minimum absolute atomic E-state index is 0.211. The van der Waals surface area contributed by atoms with Gasteiger partial charge < -0.3 is 25.4 Å². The normalized spacial score (nSPS) is 20.2. The third kappa shape index (κ3) is 9.36. The molecule has 55 heavy (non-hydrogen) atoms. The van der Waals surface area contributed by atoms with E-state index in [0.717, 1.165) is 12.1 Å². The summed E-state index contributed by atoms with van der Waals surface area (Å²) in [5.41, 5.74) is 6.35. The van der Waals surface area contributed by atoms with Crippen LogP contribution < -0.4 is 16.0 Å². The number of aromatic nitrogens is 3. The van der Waals surface area contributed by atoms with Gasteiger partial charge in [-0.1, -0.05) is 84.3 Å². The zero-order valence-corrected chi connectivity index (χ0v) is 35.8. The van der Waals surface area contributed by atoms with E-state index < -0.39 is 16.1 Å². The van der Waals surface area contributed by atoms with Crippen molar-refractivity contribution in [3.05, 3.63) is 102 Å². The second-order valence-corrected chi connectivity index (χ2v) is 29.2. The second-order valence-electron chi connectivity index (χ2n) is 18.3. The van der Waals surface area contributed by atoms with E-state index in [0.29, 0.717) is 64.6 Å². The Hall–Kier alpha value is -4.82. The van der Waals surface area contributed by atoms with Crippen LogP contribution in [0.5, 0.6) is 0 Å². The summed E-state index contributed by atoms with van der Waals surface area (Å²) in [6.45, 7) is 24.8. The summed E-state index contributed by atoms with van der Waals surface area (Å²) in [6, 6.07) is 22.5. The number of esters is 2. The van der Waals surface area contributed by atoms with E-state index in [2.05, 4.69) is 122 Å². The average molecular weight is 777 g/mol. The molecule has 0 saturated heterocycles. The van der Waals surface area contributed by atoms with E-state index in [-0.39, 0.29) is 22.8 Å². The summed E-state index contributed by atoms with van der Waals surface area (Å²) in [7, 11) is -3.07. The highest BCUT2D eigenvalue weighted by Gasteiger charge is 2.62. The van der Waals surface area contributed by atoms with Gasteiger partial charge in [-0.25, -0.2) is 9.59 Å². The van der Waals surface area contributed by atoms with Gasteiger partial charge >= 0.3 is 11.9 Å². The van der Waals surface area contributed by atoms with Gasteiger partial charge in [-0.05, 0) is 108 Å². The van der Waals surface area contributed by atoms with Gasteiger partial charge in [-0.3, -0.25) is 0 Å². The molecule has 0 spiro atoms. The molecule has 3 aromatic carbocycles. The Kier molecular flexibility index (Phi) is 11.1. The summed E-state index contributed by atoms with van der Waals surface area (Å²) < 4.78 is 11.1. The van der Waals surface area contributed by atoms with Crippen molar-refractivity contribution in [2.45, 2.75) is 79.3 Å². The van der Waals surface area contributed by atoms with Crippen LogP contribution in [0.25, 0.3) is 0 Å². The number of carbonyl (C=O) groups is 2. The molecule has 0 radical (unpaired) electrons. The molecule has 2 aliphatic carbocycles. The smallest absolute Gasteiger partial charge is 0.337 e. The molecule has 10 nitrogen and oxygen atoms in total. The first-order chi connectivity index (χ1) is 25.8. The lowest BCUT2D eigenvalue weighted by atomic mass is 9.69. The number of allylic oxidation sites excluding steroid dienone is 1. The highest BCUT2D eigenvalue weighted by Crippen LogP contribution is 2.70. The molecule has 6 rings (SSSR count).